The Morgan fingerprint density at radius 2 is 1.95 bits per heavy atom. The average Bonchev–Trinajstić information content (AvgIpc) is 3.39. The number of Topliss-reactive ketones (excluding diaryl/α,β-unsaturated/α-hetero) is 1. The second-order valence-corrected chi connectivity index (χ2v) is 12.3. The van der Waals surface area contributed by atoms with Crippen molar-refractivity contribution >= 4 is 17.8 Å². The third-order valence-corrected chi connectivity index (χ3v) is 10.5. The zero-order valence-electron chi connectivity index (χ0n) is 22.1. The zero-order chi connectivity index (χ0) is 27.0. The molecule has 7 atom stereocenters. The lowest BCUT2D eigenvalue weighted by atomic mass is 9.45. The molecule has 0 radical (unpaired) electrons. The van der Waals surface area contributed by atoms with Crippen LogP contribution in [-0.2, 0) is 20.7 Å². The van der Waals surface area contributed by atoms with Crippen molar-refractivity contribution in [3.8, 4) is 5.69 Å². The van der Waals surface area contributed by atoms with E-state index in [0.29, 0.717) is 19.3 Å². The van der Waals surface area contributed by atoms with Crippen LogP contribution in [0.3, 0.4) is 0 Å². The van der Waals surface area contributed by atoms with Gasteiger partial charge in [0, 0.05) is 12.3 Å². The van der Waals surface area contributed by atoms with Gasteiger partial charge in [0.1, 0.15) is 12.4 Å². The van der Waals surface area contributed by atoms with Crippen LogP contribution in [0.25, 0.3) is 11.8 Å². The Kier molecular flexibility index (Phi) is 5.74. The number of nitrogens with zero attached hydrogens (tertiary/aromatic N) is 2. The Bertz CT molecular complexity index is 1330. The molecule has 1 aromatic carbocycles. The normalized spacial score (nSPS) is 37.4. The van der Waals surface area contributed by atoms with Crippen molar-refractivity contribution < 1.29 is 28.9 Å². The second kappa shape index (κ2) is 8.58. The molecule has 2 aromatic rings. The lowest BCUT2D eigenvalue weighted by molar-refractivity contribution is -0.200. The van der Waals surface area contributed by atoms with Gasteiger partial charge < -0.3 is 14.9 Å². The first-order valence-electron chi connectivity index (χ1n) is 13.6. The van der Waals surface area contributed by atoms with Gasteiger partial charge in [-0.1, -0.05) is 19.4 Å². The molecular formula is C30H35FN2O5. The van der Waals surface area contributed by atoms with Gasteiger partial charge in [-0.05, 0) is 97.6 Å². The standard InChI is InChI=1S/C30H35FN2O5/c1-17(35)38-30(26(37)16-34)11-10-23-22-9-4-19-12-24-18(15-32-33(24)21-7-5-20(31)6-8-21)13-28(19,2)27(22)25(36)14-29(23,30)3/h5-8,12,15,22-23,25,27,34,36H,4,9-11,13-14,16H2,1-3H3/t22?,23-,25?,27+,28?,29?,30?/m0/s1. The number of fused-ring (bicyclic) bond motifs is 6. The van der Waals surface area contributed by atoms with Gasteiger partial charge >= 0.3 is 5.97 Å². The van der Waals surface area contributed by atoms with E-state index in [-0.39, 0.29) is 29.0 Å². The van der Waals surface area contributed by atoms with E-state index in [9.17, 15) is 24.2 Å². The Hall–Kier alpha value is -2.84. The fourth-order valence-corrected chi connectivity index (χ4v) is 9.02. The summed E-state index contributed by atoms with van der Waals surface area (Å²) in [4.78, 5) is 25.2. The second-order valence-electron chi connectivity index (χ2n) is 12.3. The van der Waals surface area contributed by atoms with E-state index in [2.05, 4.69) is 18.1 Å². The molecule has 1 aromatic heterocycles. The number of aliphatic hydroxyl groups is 2. The number of carbonyl (C=O) groups is 2. The van der Waals surface area contributed by atoms with Crippen molar-refractivity contribution in [3.05, 3.63) is 53.1 Å². The fraction of sp³-hybridized carbons (Fsp3) is 0.567. The van der Waals surface area contributed by atoms with Crippen molar-refractivity contribution in [3.63, 3.8) is 0 Å². The Morgan fingerprint density at radius 1 is 1.21 bits per heavy atom. The Labute approximate surface area is 221 Å². The van der Waals surface area contributed by atoms with Crippen LogP contribution in [0.5, 0.6) is 0 Å². The number of esters is 1. The van der Waals surface area contributed by atoms with Gasteiger partial charge in [-0.15, -0.1) is 0 Å². The largest absolute Gasteiger partial charge is 0.451 e. The maximum Gasteiger partial charge on any atom is 0.303 e. The van der Waals surface area contributed by atoms with Crippen molar-refractivity contribution in [2.24, 2.45) is 28.6 Å². The highest BCUT2D eigenvalue weighted by Gasteiger charge is 2.70. The van der Waals surface area contributed by atoms with Crippen LogP contribution >= 0.6 is 0 Å². The number of hydrogen-bond donors (Lipinski definition) is 2. The van der Waals surface area contributed by atoms with E-state index in [0.717, 1.165) is 36.2 Å². The van der Waals surface area contributed by atoms with E-state index >= 15 is 0 Å². The van der Waals surface area contributed by atoms with Gasteiger partial charge in [0.2, 0.25) is 5.78 Å². The summed E-state index contributed by atoms with van der Waals surface area (Å²) in [5.41, 5.74) is 1.76. The van der Waals surface area contributed by atoms with Crippen LogP contribution in [0.2, 0.25) is 0 Å². The third-order valence-electron chi connectivity index (χ3n) is 10.5. The summed E-state index contributed by atoms with van der Waals surface area (Å²) in [5, 5.41) is 26.3. The molecular weight excluding hydrogens is 487 g/mol. The molecule has 3 fully saturated rings. The molecule has 202 valence electrons. The maximum atomic E-state index is 13.5. The molecule has 1 heterocycles. The highest BCUT2D eigenvalue weighted by atomic mass is 19.1. The van der Waals surface area contributed by atoms with Crippen molar-refractivity contribution in [2.45, 2.75) is 71.0 Å². The van der Waals surface area contributed by atoms with E-state index in [1.54, 1.807) is 12.1 Å². The van der Waals surface area contributed by atoms with Crippen molar-refractivity contribution in [2.75, 3.05) is 6.61 Å². The Balaban J connectivity index is 1.37. The first-order valence-corrected chi connectivity index (χ1v) is 13.6. The number of hydrogen-bond acceptors (Lipinski definition) is 6. The van der Waals surface area contributed by atoms with E-state index < -0.39 is 35.5 Å². The number of aliphatic hydroxyl groups excluding tert-OH is 2. The maximum absolute atomic E-state index is 13.5. The number of allylic oxidation sites excluding steroid dienone is 1. The molecule has 38 heavy (non-hydrogen) atoms. The molecule has 2 N–H and O–H groups in total. The highest BCUT2D eigenvalue weighted by molar-refractivity contribution is 5.91. The van der Waals surface area contributed by atoms with Gasteiger partial charge in [-0.25, -0.2) is 9.07 Å². The molecule has 0 spiro atoms. The van der Waals surface area contributed by atoms with Crippen molar-refractivity contribution in [1.29, 1.82) is 0 Å². The molecule has 4 aliphatic rings. The molecule has 7 nitrogen and oxygen atoms in total. The first kappa shape index (κ1) is 25.4. The van der Waals surface area contributed by atoms with Crippen LogP contribution in [-0.4, -0.2) is 50.1 Å². The molecule has 6 rings (SSSR count). The molecule has 0 bridgehead atoms. The quantitative estimate of drug-likeness (QED) is 0.588. The molecule has 8 heteroatoms. The minimum atomic E-state index is -1.41. The smallest absolute Gasteiger partial charge is 0.303 e. The summed E-state index contributed by atoms with van der Waals surface area (Å²) in [6, 6.07) is 6.31. The summed E-state index contributed by atoms with van der Waals surface area (Å²) in [7, 11) is 0. The van der Waals surface area contributed by atoms with Crippen LogP contribution in [0, 0.1) is 34.4 Å². The van der Waals surface area contributed by atoms with Crippen LogP contribution in [0.15, 0.2) is 36.0 Å². The van der Waals surface area contributed by atoms with Gasteiger partial charge in [0.25, 0.3) is 0 Å². The van der Waals surface area contributed by atoms with Crippen LogP contribution < -0.4 is 0 Å². The number of ether oxygens (including phenoxy) is 1. The average molecular weight is 523 g/mol. The number of benzene rings is 1. The number of halogens is 1. The molecule has 5 unspecified atom stereocenters. The minimum Gasteiger partial charge on any atom is -0.451 e. The molecule has 4 aliphatic carbocycles. The predicted molar refractivity (Wildman–Crippen MR) is 138 cm³/mol. The summed E-state index contributed by atoms with van der Waals surface area (Å²) in [6.07, 6.45) is 7.28. The number of ketones is 1. The zero-order valence-corrected chi connectivity index (χ0v) is 22.1. The molecule has 0 aliphatic heterocycles. The Morgan fingerprint density at radius 3 is 2.63 bits per heavy atom. The fourth-order valence-electron chi connectivity index (χ4n) is 9.02. The van der Waals surface area contributed by atoms with Gasteiger partial charge in [-0.3, -0.25) is 9.59 Å². The lowest BCUT2D eigenvalue weighted by Crippen LogP contribution is -2.63. The van der Waals surface area contributed by atoms with Gasteiger partial charge in [0.05, 0.1) is 23.7 Å². The first-order chi connectivity index (χ1) is 18.0. The van der Waals surface area contributed by atoms with Gasteiger partial charge in [-0.2, -0.15) is 5.10 Å². The van der Waals surface area contributed by atoms with E-state index in [1.165, 1.54) is 24.6 Å². The van der Waals surface area contributed by atoms with Crippen LogP contribution in [0.1, 0.15) is 64.1 Å². The van der Waals surface area contributed by atoms with E-state index in [1.807, 2.05) is 17.8 Å². The lowest BCUT2D eigenvalue weighted by Gasteiger charge is -2.60. The monoisotopic (exact) mass is 522 g/mol. The SMILES string of the molecule is CC(=O)OC1(C(=O)CO)CC[C@H]2C3CCC4=Cc5c(cnn5-c5ccc(F)cc5)CC4(C)[C@H]3C(O)CC21C. The summed E-state index contributed by atoms with van der Waals surface area (Å²) in [6.45, 7) is 4.83. The van der Waals surface area contributed by atoms with Crippen LogP contribution in [0.4, 0.5) is 4.39 Å². The topological polar surface area (TPSA) is 102 Å². The minimum absolute atomic E-state index is 0.0137. The number of rotatable bonds is 4. The molecule has 0 amide bonds. The molecule has 0 saturated heterocycles. The predicted octanol–water partition coefficient (Wildman–Crippen LogP) is 4.03. The number of carbonyl (C=O) groups excluding carboxylic acids is 2. The van der Waals surface area contributed by atoms with Crippen molar-refractivity contribution in [1.82, 2.24) is 9.78 Å². The highest BCUT2D eigenvalue weighted by Crippen LogP contribution is 2.68. The summed E-state index contributed by atoms with van der Waals surface area (Å²) >= 11 is 0. The van der Waals surface area contributed by atoms with Gasteiger partial charge in [0.15, 0.2) is 5.60 Å². The number of aromatic nitrogens is 2. The molecule has 3 saturated carbocycles. The summed E-state index contributed by atoms with van der Waals surface area (Å²) < 4.78 is 21.1. The third kappa shape index (κ3) is 3.35. The summed E-state index contributed by atoms with van der Waals surface area (Å²) in [5.74, 6) is -1.07. The van der Waals surface area contributed by atoms with E-state index in [4.69, 9.17) is 4.74 Å².